The Balaban J connectivity index is 0. The van der Waals surface area contributed by atoms with Gasteiger partial charge in [0, 0.05) is 52.5 Å². The fraction of sp³-hybridized carbons (Fsp3) is 0.704. The summed E-state index contributed by atoms with van der Waals surface area (Å²) >= 11 is 0. The molecule has 0 saturated heterocycles. The van der Waals surface area contributed by atoms with Crippen molar-refractivity contribution in [3.63, 3.8) is 0 Å². The van der Waals surface area contributed by atoms with Crippen LogP contribution in [0.1, 0.15) is 64.4 Å². The molecule has 0 spiro atoms. The fourth-order valence-electron chi connectivity index (χ4n) is 3.23. The molecule has 1 aromatic carbocycles. The van der Waals surface area contributed by atoms with Crippen LogP contribution in [0, 0.1) is 11.6 Å². The zero-order chi connectivity index (χ0) is 29.2. The quantitative estimate of drug-likeness (QED) is 0.229. The predicted molar refractivity (Wildman–Crippen MR) is 147 cm³/mol. The molecule has 1 aromatic rings. The summed E-state index contributed by atoms with van der Waals surface area (Å²) in [5.74, 6) is -1.08. The monoisotopic (exact) mass is 548 g/mol. The average molecular weight is 549 g/mol. The van der Waals surface area contributed by atoms with E-state index in [0.29, 0.717) is 25.1 Å². The Kier molecular flexibility index (Phi) is 25.9. The van der Waals surface area contributed by atoms with Crippen LogP contribution in [-0.4, -0.2) is 82.3 Å². The third kappa shape index (κ3) is 22.7. The summed E-state index contributed by atoms with van der Waals surface area (Å²) < 4.78 is 35.5. The summed E-state index contributed by atoms with van der Waals surface area (Å²) in [5, 5.41) is 13.3. The van der Waals surface area contributed by atoms with Crippen LogP contribution in [-0.2, 0) is 15.9 Å². The molecular weight excluding hydrogens is 498 g/mol. The van der Waals surface area contributed by atoms with Gasteiger partial charge >= 0.3 is 12.1 Å². The lowest BCUT2D eigenvalue weighted by Gasteiger charge is -2.20. The normalized spacial score (nSPS) is 10.8. The third-order valence-corrected chi connectivity index (χ3v) is 5.23. The molecule has 0 fully saturated rings. The highest BCUT2D eigenvalue weighted by Crippen LogP contribution is 2.12. The Labute approximate surface area is 227 Å². The fourth-order valence-corrected chi connectivity index (χ4v) is 3.23. The van der Waals surface area contributed by atoms with Crippen molar-refractivity contribution in [2.75, 3.05) is 54.1 Å². The smallest absolute Gasteiger partial charge is 0.406 e. The zero-order valence-corrected chi connectivity index (χ0v) is 23.9. The van der Waals surface area contributed by atoms with E-state index in [1.807, 2.05) is 13.8 Å². The molecular formula is C27H50F2N4O5. The van der Waals surface area contributed by atoms with Crippen LogP contribution >= 0.6 is 0 Å². The van der Waals surface area contributed by atoms with Gasteiger partial charge in [0.05, 0.1) is 13.7 Å². The Morgan fingerprint density at radius 3 is 2.21 bits per heavy atom. The summed E-state index contributed by atoms with van der Waals surface area (Å²) in [4.78, 5) is 23.9. The number of aliphatic hydroxyl groups is 1. The minimum Gasteiger partial charge on any atom is -0.453 e. The summed E-state index contributed by atoms with van der Waals surface area (Å²) in [7, 11) is 4.73. The lowest BCUT2D eigenvalue weighted by atomic mass is 10.1. The van der Waals surface area contributed by atoms with E-state index in [4.69, 9.17) is 15.6 Å². The first-order chi connectivity index (χ1) is 18.2. The third-order valence-electron chi connectivity index (χ3n) is 5.23. The largest absolute Gasteiger partial charge is 0.453 e. The molecule has 9 nitrogen and oxygen atoms in total. The SMILES string of the molecule is CC.COC(=O)NCCO.COCCCCCC(N)CNC(=O)N(C)CCCCCc1cc(F)cc(F)c1. The number of hydrogen-bond donors (Lipinski definition) is 4. The zero-order valence-electron chi connectivity index (χ0n) is 23.9. The number of hydrogen-bond acceptors (Lipinski definition) is 6. The minimum atomic E-state index is -0.542. The lowest BCUT2D eigenvalue weighted by Crippen LogP contribution is -2.43. The van der Waals surface area contributed by atoms with Gasteiger partial charge in [-0.1, -0.05) is 33.1 Å². The van der Waals surface area contributed by atoms with Gasteiger partial charge in [-0.05, 0) is 49.8 Å². The van der Waals surface area contributed by atoms with E-state index in [1.54, 1.807) is 19.1 Å². The van der Waals surface area contributed by atoms with E-state index in [0.717, 1.165) is 57.6 Å². The molecule has 0 saturated carbocycles. The second-order valence-electron chi connectivity index (χ2n) is 8.44. The van der Waals surface area contributed by atoms with E-state index < -0.39 is 17.7 Å². The first-order valence-electron chi connectivity index (χ1n) is 13.3. The molecule has 0 radical (unpaired) electrons. The van der Waals surface area contributed by atoms with Crippen molar-refractivity contribution in [1.82, 2.24) is 15.5 Å². The van der Waals surface area contributed by atoms with Gasteiger partial charge < -0.3 is 35.8 Å². The van der Waals surface area contributed by atoms with Gasteiger partial charge in [-0.25, -0.2) is 18.4 Å². The molecule has 38 heavy (non-hydrogen) atoms. The van der Waals surface area contributed by atoms with Gasteiger partial charge in [-0.15, -0.1) is 0 Å². The van der Waals surface area contributed by atoms with Crippen molar-refractivity contribution in [2.45, 2.75) is 71.3 Å². The number of carbonyl (C=O) groups is 2. The molecule has 1 atom stereocenters. The van der Waals surface area contributed by atoms with Gasteiger partial charge in [-0.2, -0.15) is 0 Å². The number of halogens is 2. The molecule has 0 aliphatic carbocycles. The lowest BCUT2D eigenvalue weighted by molar-refractivity contribution is 0.167. The standard InChI is InChI=1S/C21H35F2N3O2.C4H9NO3.C2H6/c1-26(21(27)25-16-20(24)10-6-4-8-12-28-2)11-7-3-5-9-17-13-18(22)15-19(23)14-17;1-8-4(7)5-2-3-6;1-2/h13-15,20H,3-12,16,24H2,1-2H3,(H,25,27);6H,2-3H2,1H3,(H,5,7);1-2H3. The Morgan fingerprint density at radius 2 is 1.63 bits per heavy atom. The van der Waals surface area contributed by atoms with Crippen LogP contribution in [0.3, 0.4) is 0 Å². The highest BCUT2D eigenvalue weighted by atomic mass is 19.1. The maximum absolute atomic E-state index is 13.1. The van der Waals surface area contributed by atoms with Crippen molar-refractivity contribution in [1.29, 1.82) is 0 Å². The first-order valence-corrected chi connectivity index (χ1v) is 13.3. The number of aryl methyl sites for hydroxylation is 1. The molecule has 0 aromatic heterocycles. The summed E-state index contributed by atoms with van der Waals surface area (Å²) in [6, 6.07) is 3.45. The molecule has 3 amide bonds. The van der Waals surface area contributed by atoms with Gasteiger partial charge in [0.15, 0.2) is 0 Å². The van der Waals surface area contributed by atoms with E-state index in [-0.39, 0.29) is 25.2 Å². The highest BCUT2D eigenvalue weighted by Gasteiger charge is 2.10. The Morgan fingerprint density at radius 1 is 1.00 bits per heavy atom. The van der Waals surface area contributed by atoms with Crippen LogP contribution in [0.4, 0.5) is 18.4 Å². The van der Waals surface area contributed by atoms with Gasteiger partial charge in [0.1, 0.15) is 11.6 Å². The second kappa shape index (κ2) is 26.1. The number of amides is 3. The number of carbonyl (C=O) groups excluding carboxylic acids is 2. The van der Waals surface area contributed by atoms with Gasteiger partial charge in [0.2, 0.25) is 0 Å². The number of nitrogens with one attached hydrogen (secondary N) is 2. The van der Waals surface area contributed by atoms with Crippen molar-refractivity contribution in [2.24, 2.45) is 5.73 Å². The molecule has 0 heterocycles. The van der Waals surface area contributed by atoms with Crippen molar-refractivity contribution >= 4 is 12.1 Å². The van der Waals surface area contributed by atoms with Crippen LogP contribution in [0.5, 0.6) is 0 Å². The van der Waals surface area contributed by atoms with Gasteiger partial charge in [-0.3, -0.25) is 0 Å². The Bertz CT molecular complexity index is 708. The van der Waals surface area contributed by atoms with Crippen molar-refractivity contribution < 1.29 is 33.0 Å². The molecule has 1 unspecified atom stereocenters. The van der Waals surface area contributed by atoms with E-state index >= 15 is 0 Å². The summed E-state index contributed by atoms with van der Waals surface area (Å²) in [5.41, 5.74) is 6.70. The molecule has 0 bridgehead atoms. The maximum Gasteiger partial charge on any atom is 0.406 e. The number of aliphatic hydroxyl groups excluding tert-OH is 1. The highest BCUT2D eigenvalue weighted by molar-refractivity contribution is 5.73. The van der Waals surface area contributed by atoms with Crippen LogP contribution in [0.25, 0.3) is 0 Å². The van der Waals surface area contributed by atoms with E-state index in [2.05, 4.69) is 15.4 Å². The first kappa shape index (κ1) is 37.7. The second-order valence-corrected chi connectivity index (χ2v) is 8.44. The number of rotatable bonds is 16. The molecule has 0 aliphatic rings. The summed E-state index contributed by atoms with van der Waals surface area (Å²) in [6.07, 6.45) is 6.70. The molecule has 222 valence electrons. The number of unbranched alkanes of at least 4 members (excludes halogenated alkanes) is 4. The molecule has 1 rings (SSSR count). The van der Waals surface area contributed by atoms with Crippen molar-refractivity contribution in [3.05, 3.63) is 35.4 Å². The number of ether oxygens (including phenoxy) is 2. The van der Waals surface area contributed by atoms with Crippen LogP contribution in [0.15, 0.2) is 18.2 Å². The topological polar surface area (TPSA) is 126 Å². The number of alkyl carbamates (subject to hydrolysis) is 1. The molecule has 11 heteroatoms. The predicted octanol–water partition coefficient (Wildman–Crippen LogP) is 4.21. The number of benzene rings is 1. The number of urea groups is 1. The average Bonchev–Trinajstić information content (AvgIpc) is 2.90. The van der Waals surface area contributed by atoms with E-state index in [1.165, 1.54) is 19.2 Å². The maximum atomic E-state index is 13.1. The molecule has 5 N–H and O–H groups in total. The van der Waals surface area contributed by atoms with Crippen LogP contribution in [0.2, 0.25) is 0 Å². The number of methoxy groups -OCH3 is 2. The van der Waals surface area contributed by atoms with Crippen LogP contribution < -0.4 is 16.4 Å². The minimum absolute atomic E-state index is 0.0356. The molecule has 0 aliphatic heterocycles. The van der Waals surface area contributed by atoms with Gasteiger partial charge in [0.25, 0.3) is 0 Å². The Hall–Kier alpha value is -2.50. The number of nitrogens with zero attached hydrogens (tertiary/aromatic N) is 1. The number of nitrogens with two attached hydrogens (primary N) is 1. The van der Waals surface area contributed by atoms with E-state index in [9.17, 15) is 18.4 Å². The van der Waals surface area contributed by atoms with Crippen molar-refractivity contribution in [3.8, 4) is 0 Å². The summed E-state index contributed by atoms with van der Waals surface area (Å²) in [6.45, 7) is 6.06.